The van der Waals surface area contributed by atoms with Crippen molar-refractivity contribution in [2.24, 2.45) is 0 Å². The summed E-state index contributed by atoms with van der Waals surface area (Å²) in [6.07, 6.45) is 5.53. The van der Waals surface area contributed by atoms with Crippen molar-refractivity contribution in [1.82, 2.24) is 10.3 Å². The molecule has 3 heterocycles. The molecular formula is C11H16N2OS. The van der Waals surface area contributed by atoms with Crippen molar-refractivity contribution in [1.29, 1.82) is 0 Å². The molecule has 2 fully saturated rings. The van der Waals surface area contributed by atoms with Crippen LogP contribution in [0.25, 0.3) is 0 Å². The number of hydrogen-bond acceptors (Lipinski definition) is 4. The summed E-state index contributed by atoms with van der Waals surface area (Å²) in [5, 5.41) is 3.42. The van der Waals surface area contributed by atoms with E-state index in [2.05, 4.69) is 10.3 Å². The summed E-state index contributed by atoms with van der Waals surface area (Å²) in [7, 11) is 0. The zero-order chi connectivity index (χ0) is 10.1. The molecular weight excluding hydrogens is 208 g/mol. The molecule has 0 radical (unpaired) electrons. The molecule has 15 heavy (non-hydrogen) atoms. The van der Waals surface area contributed by atoms with Gasteiger partial charge in [-0.1, -0.05) is 0 Å². The van der Waals surface area contributed by atoms with E-state index in [0.717, 1.165) is 12.4 Å². The Morgan fingerprint density at radius 3 is 3.20 bits per heavy atom. The van der Waals surface area contributed by atoms with Crippen LogP contribution in [-0.4, -0.2) is 23.0 Å². The third kappa shape index (κ3) is 1.93. The Morgan fingerprint density at radius 2 is 2.47 bits per heavy atom. The number of nitrogens with zero attached hydrogens (tertiary/aromatic N) is 1. The largest absolute Gasteiger partial charge is 0.447 e. The number of oxazole rings is 1. The fourth-order valence-corrected chi connectivity index (χ4v) is 3.55. The van der Waals surface area contributed by atoms with Crippen molar-refractivity contribution >= 4 is 11.8 Å². The molecule has 1 aromatic rings. The Balaban J connectivity index is 1.74. The smallest absolute Gasteiger partial charge is 0.211 e. The highest BCUT2D eigenvalue weighted by atomic mass is 32.2. The molecule has 2 unspecified atom stereocenters. The number of rotatable bonds is 2. The van der Waals surface area contributed by atoms with E-state index in [0.29, 0.717) is 12.0 Å². The Bertz CT molecular complexity index is 297. The Kier molecular flexibility index (Phi) is 2.71. The van der Waals surface area contributed by atoms with Crippen LogP contribution in [0.4, 0.5) is 0 Å². The van der Waals surface area contributed by atoms with Gasteiger partial charge < -0.3 is 9.73 Å². The molecule has 1 N–H and O–H groups in total. The Hall–Kier alpha value is -0.480. The summed E-state index contributed by atoms with van der Waals surface area (Å²) in [6.45, 7) is 1.10. The van der Waals surface area contributed by atoms with Gasteiger partial charge in [-0.3, -0.25) is 0 Å². The molecule has 2 aliphatic heterocycles. The van der Waals surface area contributed by atoms with Crippen molar-refractivity contribution in [3.8, 4) is 0 Å². The van der Waals surface area contributed by atoms with Crippen molar-refractivity contribution in [3.05, 3.63) is 17.8 Å². The van der Waals surface area contributed by atoms with Crippen LogP contribution in [-0.2, 0) is 0 Å². The summed E-state index contributed by atoms with van der Waals surface area (Å²) in [6, 6.07) is 0.368. The second-order valence-electron chi connectivity index (χ2n) is 4.32. The zero-order valence-corrected chi connectivity index (χ0v) is 9.55. The molecule has 3 nitrogen and oxygen atoms in total. The van der Waals surface area contributed by atoms with Gasteiger partial charge in [0, 0.05) is 11.7 Å². The Morgan fingerprint density at radius 1 is 1.47 bits per heavy atom. The molecule has 0 bridgehead atoms. The van der Waals surface area contributed by atoms with E-state index in [1.807, 2.05) is 18.0 Å². The lowest BCUT2D eigenvalue weighted by Gasteiger charge is -2.04. The van der Waals surface area contributed by atoms with Crippen LogP contribution >= 0.6 is 11.8 Å². The lowest BCUT2D eigenvalue weighted by Crippen LogP contribution is -2.13. The topological polar surface area (TPSA) is 38.1 Å². The molecule has 2 saturated heterocycles. The average molecular weight is 224 g/mol. The third-order valence-corrected chi connectivity index (χ3v) is 4.41. The van der Waals surface area contributed by atoms with Crippen molar-refractivity contribution in [3.63, 3.8) is 0 Å². The zero-order valence-electron chi connectivity index (χ0n) is 8.74. The lowest BCUT2D eigenvalue weighted by molar-refractivity contribution is 0.429. The molecule has 0 saturated carbocycles. The lowest BCUT2D eigenvalue weighted by atomic mass is 10.1. The van der Waals surface area contributed by atoms with E-state index < -0.39 is 0 Å². The van der Waals surface area contributed by atoms with Crippen LogP contribution in [0.1, 0.15) is 42.8 Å². The maximum absolute atomic E-state index is 5.58. The van der Waals surface area contributed by atoms with Crippen LogP contribution in [0.5, 0.6) is 0 Å². The van der Waals surface area contributed by atoms with Gasteiger partial charge in [-0.15, -0.1) is 0 Å². The summed E-state index contributed by atoms with van der Waals surface area (Å²) in [5.41, 5.74) is 1.17. The maximum Gasteiger partial charge on any atom is 0.211 e. The highest BCUT2D eigenvalue weighted by Gasteiger charge is 2.25. The molecule has 1 aromatic heterocycles. The van der Waals surface area contributed by atoms with Crippen molar-refractivity contribution < 1.29 is 4.42 Å². The molecule has 82 valence electrons. The molecule has 4 heteroatoms. The molecule has 2 atom stereocenters. The summed E-state index contributed by atoms with van der Waals surface area (Å²) in [5.74, 6) is 4.02. The van der Waals surface area contributed by atoms with E-state index in [9.17, 15) is 0 Å². The summed E-state index contributed by atoms with van der Waals surface area (Å²) < 4.78 is 5.58. The highest BCUT2D eigenvalue weighted by Crippen LogP contribution is 2.33. The monoisotopic (exact) mass is 224 g/mol. The molecule has 3 rings (SSSR count). The minimum atomic E-state index is 0.368. The first-order chi connectivity index (χ1) is 7.43. The van der Waals surface area contributed by atoms with Crippen molar-refractivity contribution in [2.75, 3.05) is 18.1 Å². The van der Waals surface area contributed by atoms with Gasteiger partial charge in [0.05, 0.1) is 11.7 Å². The van der Waals surface area contributed by atoms with Gasteiger partial charge in [-0.25, -0.2) is 4.98 Å². The van der Waals surface area contributed by atoms with Gasteiger partial charge in [0.1, 0.15) is 6.26 Å². The van der Waals surface area contributed by atoms with E-state index in [1.165, 1.54) is 36.5 Å². The van der Waals surface area contributed by atoms with Gasteiger partial charge in [0.25, 0.3) is 0 Å². The SMILES string of the molecule is c1oc(C2CCCN2)nc1C1CCSC1. The van der Waals surface area contributed by atoms with Crippen LogP contribution < -0.4 is 5.32 Å². The van der Waals surface area contributed by atoms with E-state index in [4.69, 9.17) is 4.42 Å². The van der Waals surface area contributed by atoms with Gasteiger partial charge in [0.2, 0.25) is 5.89 Å². The molecule has 0 amide bonds. The predicted molar refractivity (Wildman–Crippen MR) is 61.2 cm³/mol. The van der Waals surface area contributed by atoms with Crippen molar-refractivity contribution in [2.45, 2.75) is 31.2 Å². The van der Waals surface area contributed by atoms with Gasteiger partial charge in [0.15, 0.2) is 0 Å². The quantitative estimate of drug-likeness (QED) is 0.836. The molecule has 0 aromatic carbocycles. The normalized spacial score (nSPS) is 31.2. The Labute approximate surface area is 94.0 Å². The molecule has 0 aliphatic carbocycles. The second-order valence-corrected chi connectivity index (χ2v) is 5.47. The average Bonchev–Trinajstić information content (AvgIpc) is 3.02. The third-order valence-electron chi connectivity index (χ3n) is 3.25. The number of nitrogens with one attached hydrogen (secondary N) is 1. The second kappa shape index (κ2) is 4.18. The fourth-order valence-electron chi connectivity index (χ4n) is 2.31. The van der Waals surface area contributed by atoms with Crippen LogP contribution in [0.15, 0.2) is 10.7 Å². The highest BCUT2D eigenvalue weighted by molar-refractivity contribution is 7.99. The van der Waals surface area contributed by atoms with E-state index in [-0.39, 0.29) is 0 Å². The maximum atomic E-state index is 5.58. The van der Waals surface area contributed by atoms with Crippen LogP contribution in [0, 0.1) is 0 Å². The standard InChI is InChI=1S/C11H16N2OS/c1-2-9(12-4-1)11-13-10(6-14-11)8-3-5-15-7-8/h6,8-9,12H,1-5,7H2. The first kappa shape index (κ1) is 9.73. The van der Waals surface area contributed by atoms with E-state index in [1.54, 1.807) is 0 Å². The van der Waals surface area contributed by atoms with Gasteiger partial charge in [-0.2, -0.15) is 11.8 Å². The molecule has 2 aliphatic rings. The summed E-state index contributed by atoms with van der Waals surface area (Å²) >= 11 is 2.02. The fraction of sp³-hybridized carbons (Fsp3) is 0.727. The minimum absolute atomic E-state index is 0.368. The molecule has 0 spiro atoms. The minimum Gasteiger partial charge on any atom is -0.447 e. The number of thioether (sulfide) groups is 1. The predicted octanol–water partition coefficient (Wildman–Crippen LogP) is 2.32. The van der Waals surface area contributed by atoms with Gasteiger partial charge in [-0.05, 0) is 31.6 Å². The first-order valence-corrected chi connectivity index (χ1v) is 6.85. The van der Waals surface area contributed by atoms with Crippen LogP contribution in [0.3, 0.4) is 0 Å². The van der Waals surface area contributed by atoms with Crippen LogP contribution in [0.2, 0.25) is 0 Å². The van der Waals surface area contributed by atoms with E-state index >= 15 is 0 Å². The number of hydrogen-bond donors (Lipinski definition) is 1. The van der Waals surface area contributed by atoms with Gasteiger partial charge >= 0.3 is 0 Å². The number of aromatic nitrogens is 1. The summed E-state index contributed by atoms with van der Waals surface area (Å²) in [4.78, 5) is 4.63. The first-order valence-electron chi connectivity index (χ1n) is 5.70.